The van der Waals surface area contributed by atoms with Crippen LogP contribution in [0.1, 0.15) is 12.0 Å². The summed E-state index contributed by atoms with van der Waals surface area (Å²) < 4.78 is 5.53. The maximum Gasteiger partial charge on any atom is 0.254 e. The number of phenolic OH excluding ortho intramolecular Hbond substituents is 1. The van der Waals surface area contributed by atoms with E-state index in [4.69, 9.17) is 4.74 Å². The number of hydrogen-bond donors (Lipinski definition) is 1. The van der Waals surface area contributed by atoms with Crippen LogP contribution in [0.25, 0.3) is 0 Å². The number of allylic oxidation sites excluding steroid dienone is 2. The second-order valence-electron chi connectivity index (χ2n) is 6.29. The number of fused-ring (bicyclic) bond motifs is 5. The highest BCUT2D eigenvalue weighted by molar-refractivity contribution is 9.10. The van der Waals surface area contributed by atoms with Crippen LogP contribution < -0.4 is 4.74 Å². The number of amides is 2. The summed E-state index contributed by atoms with van der Waals surface area (Å²) >= 11 is 3.23. The Kier molecular flexibility index (Phi) is 3.49. The Hall–Kier alpha value is -2.15. The van der Waals surface area contributed by atoms with Crippen molar-refractivity contribution in [3.8, 4) is 11.5 Å². The highest BCUT2D eigenvalue weighted by atomic mass is 79.9. The van der Waals surface area contributed by atoms with Gasteiger partial charge in [-0.15, -0.1) is 0 Å². The molecule has 2 amide bonds. The zero-order chi connectivity index (χ0) is 17.0. The van der Waals surface area contributed by atoms with Gasteiger partial charge in [-0.3, -0.25) is 9.59 Å². The molecule has 3 aliphatic rings. The molecule has 0 aromatic heterocycles. The first-order valence-corrected chi connectivity index (χ1v) is 8.47. The molecule has 4 atom stereocenters. The monoisotopic (exact) mass is 390 g/mol. The maximum absolute atomic E-state index is 12.5. The minimum Gasteiger partial charge on any atom is -0.503 e. The Morgan fingerprint density at radius 1 is 1.25 bits per heavy atom. The van der Waals surface area contributed by atoms with E-state index < -0.39 is 0 Å². The van der Waals surface area contributed by atoms with Gasteiger partial charge in [-0.2, -0.15) is 10.1 Å². The number of phenols is 1. The SMILES string of the molecule is COc1cc(C=NN2C(=O)C3C4C=CC(C4)C3C2=O)cc(Br)c1O. The Balaban J connectivity index is 1.60. The van der Waals surface area contributed by atoms with Gasteiger partial charge in [-0.25, -0.2) is 0 Å². The van der Waals surface area contributed by atoms with Crippen LogP contribution in [0.4, 0.5) is 0 Å². The average Bonchev–Trinajstić information content (AvgIpc) is 3.23. The molecule has 24 heavy (non-hydrogen) atoms. The summed E-state index contributed by atoms with van der Waals surface area (Å²) in [5, 5.41) is 14.9. The lowest BCUT2D eigenvalue weighted by Crippen LogP contribution is -2.28. The van der Waals surface area contributed by atoms with Gasteiger partial charge in [0.2, 0.25) is 0 Å². The van der Waals surface area contributed by atoms with Crippen molar-refractivity contribution < 1.29 is 19.4 Å². The van der Waals surface area contributed by atoms with Crippen molar-refractivity contribution in [2.45, 2.75) is 6.42 Å². The zero-order valence-electron chi connectivity index (χ0n) is 12.8. The molecule has 7 heteroatoms. The maximum atomic E-state index is 12.5. The van der Waals surface area contributed by atoms with Gasteiger partial charge in [-0.05, 0) is 51.9 Å². The Labute approximate surface area is 146 Å². The highest BCUT2D eigenvalue weighted by Gasteiger charge is 2.59. The fourth-order valence-corrected chi connectivity index (χ4v) is 4.41. The van der Waals surface area contributed by atoms with Crippen molar-refractivity contribution in [1.82, 2.24) is 5.01 Å². The van der Waals surface area contributed by atoms with Gasteiger partial charge in [0.05, 0.1) is 29.6 Å². The molecule has 1 saturated heterocycles. The van der Waals surface area contributed by atoms with E-state index in [9.17, 15) is 14.7 Å². The van der Waals surface area contributed by atoms with Gasteiger partial charge in [-0.1, -0.05) is 12.2 Å². The number of methoxy groups -OCH3 is 1. The molecule has 4 rings (SSSR count). The number of benzene rings is 1. The van der Waals surface area contributed by atoms with Gasteiger partial charge in [0.25, 0.3) is 11.8 Å². The number of carbonyl (C=O) groups excluding carboxylic acids is 2. The Morgan fingerprint density at radius 2 is 1.88 bits per heavy atom. The number of hydrogen-bond acceptors (Lipinski definition) is 5. The van der Waals surface area contributed by atoms with Gasteiger partial charge < -0.3 is 9.84 Å². The van der Waals surface area contributed by atoms with Crippen LogP contribution >= 0.6 is 15.9 Å². The van der Waals surface area contributed by atoms with Crippen LogP contribution in [0.2, 0.25) is 0 Å². The highest BCUT2D eigenvalue weighted by Crippen LogP contribution is 2.52. The first-order chi connectivity index (χ1) is 11.5. The first kappa shape index (κ1) is 15.4. The van der Waals surface area contributed by atoms with Gasteiger partial charge in [0.15, 0.2) is 11.5 Å². The number of rotatable bonds is 3. The van der Waals surface area contributed by atoms with Crippen molar-refractivity contribution in [3.63, 3.8) is 0 Å². The number of carbonyl (C=O) groups is 2. The quantitative estimate of drug-likeness (QED) is 0.487. The largest absolute Gasteiger partial charge is 0.503 e. The molecule has 124 valence electrons. The van der Waals surface area contributed by atoms with Crippen molar-refractivity contribution >= 4 is 34.0 Å². The summed E-state index contributed by atoms with van der Waals surface area (Å²) in [4.78, 5) is 25.1. The Morgan fingerprint density at radius 3 is 2.46 bits per heavy atom. The molecule has 1 aliphatic heterocycles. The van der Waals surface area contributed by atoms with Crippen LogP contribution in [0, 0.1) is 23.7 Å². The van der Waals surface area contributed by atoms with Crippen molar-refractivity contribution in [2.24, 2.45) is 28.8 Å². The van der Waals surface area contributed by atoms with Gasteiger partial charge >= 0.3 is 0 Å². The minimum absolute atomic E-state index is 0.0137. The third kappa shape index (κ3) is 2.11. The molecule has 1 heterocycles. The molecule has 1 aromatic rings. The van der Waals surface area contributed by atoms with Crippen LogP contribution in [-0.4, -0.2) is 35.3 Å². The summed E-state index contributed by atoms with van der Waals surface area (Å²) in [6.07, 6.45) is 6.42. The third-order valence-corrected chi connectivity index (χ3v) is 5.64. The van der Waals surface area contributed by atoms with Crippen LogP contribution in [0.15, 0.2) is 33.9 Å². The lowest BCUT2D eigenvalue weighted by atomic mass is 9.85. The number of ether oxygens (including phenoxy) is 1. The average molecular weight is 391 g/mol. The lowest BCUT2D eigenvalue weighted by Gasteiger charge is -2.13. The number of nitrogens with zero attached hydrogens (tertiary/aromatic N) is 2. The summed E-state index contributed by atoms with van der Waals surface area (Å²) in [7, 11) is 1.44. The van der Waals surface area contributed by atoms with Crippen molar-refractivity contribution in [3.05, 3.63) is 34.3 Å². The van der Waals surface area contributed by atoms with E-state index in [1.807, 2.05) is 12.2 Å². The standard InChI is InChI=1S/C17H15BrN2O4/c1-24-12-5-8(4-11(18)15(12)21)7-19-20-16(22)13-9-2-3-10(6-9)14(13)17(20)23/h2-5,7,9-10,13-14,21H,6H2,1H3. The van der Waals surface area contributed by atoms with E-state index in [1.165, 1.54) is 13.3 Å². The van der Waals surface area contributed by atoms with Crippen molar-refractivity contribution in [2.75, 3.05) is 7.11 Å². The summed E-state index contributed by atoms with van der Waals surface area (Å²) in [6, 6.07) is 3.22. The fourth-order valence-electron chi connectivity index (χ4n) is 3.95. The molecule has 2 bridgehead atoms. The van der Waals surface area contributed by atoms with E-state index in [1.54, 1.807) is 12.1 Å². The third-order valence-electron chi connectivity index (χ3n) is 5.04. The zero-order valence-corrected chi connectivity index (χ0v) is 14.4. The molecule has 1 N–H and O–H groups in total. The van der Waals surface area contributed by atoms with Crippen molar-refractivity contribution in [1.29, 1.82) is 0 Å². The van der Waals surface area contributed by atoms with Crippen LogP contribution in [-0.2, 0) is 9.59 Å². The number of imide groups is 1. The second-order valence-corrected chi connectivity index (χ2v) is 7.14. The number of hydrazone groups is 1. The molecule has 1 saturated carbocycles. The van der Waals surface area contributed by atoms with E-state index in [0.717, 1.165) is 11.4 Å². The molecule has 1 aromatic carbocycles. The first-order valence-electron chi connectivity index (χ1n) is 7.68. The van der Waals surface area contributed by atoms with Gasteiger partial charge in [0, 0.05) is 0 Å². The second kappa shape index (κ2) is 5.44. The minimum atomic E-state index is -0.259. The van der Waals surface area contributed by atoms with E-state index in [2.05, 4.69) is 21.0 Å². The molecule has 6 nitrogen and oxygen atoms in total. The summed E-state index contributed by atoms with van der Waals surface area (Å²) in [5.41, 5.74) is 0.607. The number of aromatic hydroxyl groups is 1. The molecular formula is C17H15BrN2O4. The van der Waals surface area contributed by atoms with Crippen LogP contribution in [0.3, 0.4) is 0 Å². The predicted octanol–water partition coefficient (Wildman–Crippen LogP) is 2.30. The molecule has 2 aliphatic carbocycles. The van der Waals surface area contributed by atoms with E-state index in [0.29, 0.717) is 10.0 Å². The molecular weight excluding hydrogens is 376 g/mol. The smallest absolute Gasteiger partial charge is 0.254 e. The number of halogens is 1. The lowest BCUT2D eigenvalue weighted by molar-refractivity contribution is -0.140. The van der Waals surface area contributed by atoms with Crippen LogP contribution in [0.5, 0.6) is 11.5 Å². The van der Waals surface area contributed by atoms with E-state index >= 15 is 0 Å². The van der Waals surface area contributed by atoms with E-state index in [-0.39, 0.29) is 47.0 Å². The molecule has 0 radical (unpaired) electrons. The summed E-state index contributed by atoms with van der Waals surface area (Å²) in [5.74, 6) is -0.356. The molecule has 2 fully saturated rings. The normalized spacial score (nSPS) is 30.7. The Bertz CT molecular complexity index is 774. The molecule has 0 spiro atoms. The summed E-state index contributed by atoms with van der Waals surface area (Å²) in [6.45, 7) is 0. The predicted molar refractivity (Wildman–Crippen MR) is 89.5 cm³/mol. The van der Waals surface area contributed by atoms with Gasteiger partial charge in [0.1, 0.15) is 0 Å². The fraction of sp³-hybridized carbons (Fsp3) is 0.353. The molecule has 4 unspecified atom stereocenters. The topological polar surface area (TPSA) is 79.2 Å².